The summed E-state index contributed by atoms with van der Waals surface area (Å²) in [5.41, 5.74) is 7.97. The molecule has 2 aliphatic heterocycles. The predicted molar refractivity (Wildman–Crippen MR) is 293 cm³/mol. The summed E-state index contributed by atoms with van der Waals surface area (Å²) in [4.78, 5) is 52.8. The molecule has 2 aliphatic rings. The lowest BCUT2D eigenvalue weighted by molar-refractivity contribution is -0.119. The van der Waals surface area contributed by atoms with Crippen LogP contribution < -0.4 is 40.2 Å². The van der Waals surface area contributed by atoms with Crippen molar-refractivity contribution in [1.82, 2.24) is 29.7 Å². The topological polar surface area (TPSA) is 189 Å². The summed E-state index contributed by atoms with van der Waals surface area (Å²) < 4.78 is 28.1. The van der Waals surface area contributed by atoms with Gasteiger partial charge in [-0.1, -0.05) is 65.5 Å². The van der Waals surface area contributed by atoms with Crippen LogP contribution >= 0.6 is 23.5 Å². The van der Waals surface area contributed by atoms with Crippen molar-refractivity contribution in [2.45, 2.75) is 71.6 Å². The van der Waals surface area contributed by atoms with Crippen LogP contribution in [0.2, 0.25) is 0 Å². The maximum absolute atomic E-state index is 11.8. The van der Waals surface area contributed by atoms with E-state index in [0.29, 0.717) is 43.2 Å². The van der Waals surface area contributed by atoms with Gasteiger partial charge in [0.25, 0.3) is 10.5 Å². The zero-order valence-corrected chi connectivity index (χ0v) is 43.8. The molecule has 4 N–H and O–H groups in total. The molecule has 0 saturated carbocycles. The van der Waals surface area contributed by atoms with Gasteiger partial charge in [-0.2, -0.15) is 0 Å². The van der Waals surface area contributed by atoms with E-state index in [1.807, 2.05) is 157 Å². The highest BCUT2D eigenvalue weighted by Gasteiger charge is 2.31. The number of carbonyl (C=O) groups is 4. The number of carbonyl (C=O) groups excluding carboxylic acids is 4. The van der Waals surface area contributed by atoms with Gasteiger partial charge in [0.15, 0.2) is 0 Å². The molecule has 4 amide bonds. The molecule has 6 aromatic carbocycles. The summed E-state index contributed by atoms with van der Waals surface area (Å²) in [6.07, 6.45) is 0.496. The fourth-order valence-electron chi connectivity index (χ4n) is 7.77. The molecule has 0 aliphatic carbocycles. The maximum Gasteiger partial charge on any atom is 0.286 e. The van der Waals surface area contributed by atoms with Crippen molar-refractivity contribution >= 4 is 79.3 Å². The van der Waals surface area contributed by atoms with Crippen LogP contribution in [0.25, 0.3) is 22.1 Å². The molecule has 8 aromatic rings. The molecule has 4 heterocycles. The van der Waals surface area contributed by atoms with Crippen LogP contribution in [0.3, 0.4) is 0 Å². The number of ether oxygens (including phenoxy) is 4. The fourth-order valence-corrected chi connectivity index (χ4v) is 9.15. The number of thioether (sulfide) groups is 2. The first-order valence-corrected chi connectivity index (χ1v) is 25.9. The Hall–Kier alpha value is -7.96. The van der Waals surface area contributed by atoms with Gasteiger partial charge in [0.2, 0.25) is 11.8 Å². The van der Waals surface area contributed by atoms with E-state index in [0.717, 1.165) is 103 Å². The lowest BCUT2D eigenvalue weighted by atomic mass is 10.1. The summed E-state index contributed by atoms with van der Waals surface area (Å²) >= 11 is 2.04. The number of aromatic nitrogens is 4. The number of rotatable bonds is 16. The van der Waals surface area contributed by atoms with Crippen molar-refractivity contribution < 1.29 is 38.1 Å². The molecule has 16 nitrogen and oxygen atoms in total. The summed E-state index contributed by atoms with van der Waals surface area (Å²) in [5, 5.41) is 10.3. The second-order valence-electron chi connectivity index (χ2n) is 18.1. The van der Waals surface area contributed by atoms with Crippen molar-refractivity contribution in [1.29, 1.82) is 0 Å². The highest BCUT2D eigenvalue weighted by Crippen LogP contribution is 2.31. The number of imidazole rings is 2. The molecule has 382 valence electrons. The quantitative estimate of drug-likeness (QED) is 0.0715. The minimum absolute atomic E-state index is 0.185. The number of nitrogens with zero attached hydrogens (tertiary/aromatic N) is 4. The van der Waals surface area contributed by atoms with Gasteiger partial charge in [0.1, 0.15) is 59.4 Å². The summed E-state index contributed by atoms with van der Waals surface area (Å²) in [5.74, 6) is 6.14. The van der Waals surface area contributed by atoms with Gasteiger partial charge in [-0.05, 0) is 119 Å². The van der Waals surface area contributed by atoms with Crippen molar-refractivity contribution in [3.8, 4) is 34.5 Å². The number of imide groups is 2. The van der Waals surface area contributed by atoms with Crippen LogP contribution in [0.1, 0.15) is 50.5 Å². The Labute approximate surface area is 437 Å². The highest BCUT2D eigenvalue weighted by molar-refractivity contribution is 8.15. The molecule has 1 atom stereocenters. The SMILES string of the molecule is CC(C)Nc1cccc(Oc2ccc3nc(COc4ccc(CC5SC(=O)NC5=O)cc4)n(C)c3c2)c1.Cc1ccc(OCc2nc3ccc(Oc4cccc(NC(C)C)c4)cc3n2C)cc1.O=C1CSC(=O)N1. The molecule has 74 heavy (non-hydrogen) atoms. The van der Waals surface area contributed by atoms with E-state index in [9.17, 15) is 19.2 Å². The molecular weight excluding hydrogens is 977 g/mol. The first kappa shape index (κ1) is 52.4. The number of hydrogen-bond acceptors (Lipinski definition) is 14. The normalized spacial score (nSPS) is 14.0. The highest BCUT2D eigenvalue weighted by atomic mass is 32.2. The van der Waals surface area contributed by atoms with Gasteiger partial charge in [0, 0.05) is 61.8 Å². The standard InChI is InChI=1S/C28H28N4O4S.C25H27N3O2.C3H3NO2S/c1-17(2)29-19-5-4-6-21(14-19)36-22-11-12-23-24(15-22)32(3)26(30-23)16-35-20-9-7-18(8-10-20)13-25-27(33)31-28(34)37-25;1-17(2)26-19-6-5-7-21(14-19)30-22-12-13-23-24(15-22)28(4)25(27-23)16-29-20-10-8-18(3)9-11-20;5-2-1-7-3(6)4-2/h4-12,14-15,17,25,29H,13,16H2,1-3H3,(H,31,33,34);5-15,17,26H,16H2,1-4H3;1H2,(H,4,5,6). The van der Waals surface area contributed by atoms with Crippen LogP contribution in [0.5, 0.6) is 34.5 Å². The van der Waals surface area contributed by atoms with E-state index in [1.165, 1.54) is 5.56 Å². The van der Waals surface area contributed by atoms with Crippen LogP contribution in [0.15, 0.2) is 133 Å². The van der Waals surface area contributed by atoms with Crippen molar-refractivity contribution in [3.05, 3.63) is 156 Å². The van der Waals surface area contributed by atoms with Gasteiger partial charge < -0.3 is 38.7 Å². The molecule has 2 aromatic heterocycles. The zero-order chi connectivity index (χ0) is 52.3. The van der Waals surface area contributed by atoms with Crippen LogP contribution in [-0.2, 0) is 43.3 Å². The number of aryl methyl sites for hydroxylation is 3. The van der Waals surface area contributed by atoms with Gasteiger partial charge in [-0.15, -0.1) is 0 Å². The second-order valence-corrected chi connectivity index (χ2v) is 20.2. The Morgan fingerprint density at radius 2 is 1.07 bits per heavy atom. The average molecular weight is 1040 g/mol. The van der Waals surface area contributed by atoms with E-state index in [2.05, 4.69) is 55.9 Å². The minimum atomic E-state index is -0.381. The average Bonchev–Trinajstić information content (AvgIpc) is 4.10. The van der Waals surface area contributed by atoms with Crippen LogP contribution in [-0.4, -0.2) is 64.5 Å². The van der Waals surface area contributed by atoms with Gasteiger partial charge in [0.05, 0.1) is 33.1 Å². The third kappa shape index (κ3) is 14.4. The second kappa shape index (κ2) is 24.2. The molecule has 1 unspecified atom stereocenters. The largest absolute Gasteiger partial charge is 0.486 e. The molecule has 2 saturated heterocycles. The molecular formula is C56H58N8O8S2. The van der Waals surface area contributed by atoms with E-state index in [1.54, 1.807) is 0 Å². The first-order chi connectivity index (χ1) is 35.6. The third-order valence-electron chi connectivity index (χ3n) is 11.4. The van der Waals surface area contributed by atoms with Crippen molar-refractivity contribution in [2.75, 3.05) is 16.4 Å². The molecule has 10 rings (SSSR count). The zero-order valence-electron chi connectivity index (χ0n) is 42.1. The Bertz CT molecular complexity index is 3270. The summed E-state index contributed by atoms with van der Waals surface area (Å²) in [7, 11) is 3.96. The molecule has 0 bridgehead atoms. The third-order valence-corrected chi connectivity index (χ3v) is 13.1. The summed E-state index contributed by atoms with van der Waals surface area (Å²) in [6, 6.07) is 44.0. The first-order valence-electron chi connectivity index (χ1n) is 24.0. The Balaban J connectivity index is 0.000000177. The van der Waals surface area contributed by atoms with Gasteiger partial charge >= 0.3 is 0 Å². The molecule has 2 fully saturated rings. The Morgan fingerprint density at radius 3 is 1.49 bits per heavy atom. The van der Waals surface area contributed by atoms with E-state index >= 15 is 0 Å². The molecule has 0 radical (unpaired) electrons. The molecule has 18 heteroatoms. The lowest BCUT2D eigenvalue weighted by Gasteiger charge is -2.12. The number of benzene rings is 6. The van der Waals surface area contributed by atoms with Crippen molar-refractivity contribution in [3.63, 3.8) is 0 Å². The van der Waals surface area contributed by atoms with Crippen LogP contribution in [0.4, 0.5) is 21.0 Å². The Kier molecular flexibility index (Phi) is 17.1. The van der Waals surface area contributed by atoms with E-state index in [4.69, 9.17) is 28.9 Å². The van der Waals surface area contributed by atoms with Gasteiger partial charge in [-0.3, -0.25) is 29.8 Å². The number of hydrogen-bond donors (Lipinski definition) is 4. The van der Waals surface area contributed by atoms with E-state index in [-0.39, 0.29) is 27.5 Å². The van der Waals surface area contributed by atoms with Gasteiger partial charge in [-0.25, -0.2) is 9.97 Å². The number of amides is 4. The van der Waals surface area contributed by atoms with Crippen molar-refractivity contribution in [2.24, 2.45) is 14.1 Å². The predicted octanol–water partition coefficient (Wildman–Crippen LogP) is 11.7. The van der Waals surface area contributed by atoms with Crippen LogP contribution in [0, 0.1) is 6.92 Å². The maximum atomic E-state index is 11.8. The smallest absolute Gasteiger partial charge is 0.286 e. The van der Waals surface area contributed by atoms with E-state index < -0.39 is 0 Å². The number of nitrogens with one attached hydrogen (secondary N) is 4. The number of fused-ring (bicyclic) bond motifs is 2. The summed E-state index contributed by atoms with van der Waals surface area (Å²) in [6.45, 7) is 11.2. The number of anilines is 2. The molecule has 0 spiro atoms. The fraction of sp³-hybridized carbons (Fsp3) is 0.250. The Morgan fingerprint density at radius 1 is 0.595 bits per heavy atom. The lowest BCUT2D eigenvalue weighted by Crippen LogP contribution is -2.25. The monoisotopic (exact) mass is 1030 g/mol. The minimum Gasteiger partial charge on any atom is -0.486 e.